The number of hydrogen-bond acceptors (Lipinski definition) is 5. The van der Waals surface area contributed by atoms with Crippen molar-refractivity contribution in [1.82, 2.24) is 20.1 Å². The number of methoxy groups -OCH3 is 2. The molecule has 37 heavy (non-hydrogen) atoms. The lowest BCUT2D eigenvalue weighted by Gasteiger charge is -2.29. The highest BCUT2D eigenvalue weighted by atomic mass is 32.1. The number of aromatic nitrogens is 1. The van der Waals surface area contributed by atoms with Crippen LogP contribution in [0, 0.1) is 13.8 Å². The van der Waals surface area contributed by atoms with Crippen LogP contribution in [0.1, 0.15) is 36.1 Å². The van der Waals surface area contributed by atoms with Crippen LogP contribution in [-0.2, 0) is 13.0 Å². The van der Waals surface area contributed by atoms with Crippen molar-refractivity contribution in [1.29, 1.82) is 0 Å². The molecule has 0 aliphatic carbocycles. The van der Waals surface area contributed by atoms with Crippen molar-refractivity contribution >= 4 is 28.2 Å². The molecule has 0 fully saturated rings. The summed E-state index contributed by atoms with van der Waals surface area (Å²) in [6, 6.07) is 12.1. The quantitative estimate of drug-likeness (QED) is 0.340. The van der Waals surface area contributed by atoms with Gasteiger partial charge in [-0.05, 0) is 86.4 Å². The molecule has 2 aromatic carbocycles. The molecule has 3 rings (SSSR count). The van der Waals surface area contributed by atoms with Gasteiger partial charge >= 0.3 is 0 Å². The molecule has 0 amide bonds. The maximum absolute atomic E-state index is 13.0. The van der Waals surface area contributed by atoms with Crippen molar-refractivity contribution in [2.45, 2.75) is 40.7 Å². The first-order valence-electron chi connectivity index (χ1n) is 12.9. The van der Waals surface area contributed by atoms with E-state index in [1.807, 2.05) is 31.2 Å². The molecular weight excluding hydrogens is 484 g/mol. The zero-order chi connectivity index (χ0) is 26.9. The van der Waals surface area contributed by atoms with E-state index in [1.54, 1.807) is 14.2 Å². The number of pyridine rings is 1. The molecule has 7 nitrogen and oxygen atoms in total. The summed E-state index contributed by atoms with van der Waals surface area (Å²) in [5, 5.41) is 5.10. The Kier molecular flexibility index (Phi) is 10.3. The SMILES string of the molecule is CCN(CC)CCN(Cc1cc2cc(C)cc(C)c2[nH]c1=O)C(=S)NCCc1ccc(OC)c(OC)c1. The molecule has 0 atom stereocenters. The number of benzene rings is 2. The summed E-state index contributed by atoms with van der Waals surface area (Å²) in [6.07, 6.45) is 0.777. The number of nitrogens with one attached hydrogen (secondary N) is 2. The van der Waals surface area contributed by atoms with Gasteiger partial charge in [-0.2, -0.15) is 0 Å². The third-order valence-corrected chi connectivity index (χ3v) is 7.14. The van der Waals surface area contributed by atoms with Gasteiger partial charge in [0.05, 0.1) is 26.3 Å². The van der Waals surface area contributed by atoms with Crippen LogP contribution in [0.2, 0.25) is 0 Å². The van der Waals surface area contributed by atoms with E-state index in [2.05, 4.69) is 53.0 Å². The second-order valence-corrected chi connectivity index (χ2v) is 9.68. The van der Waals surface area contributed by atoms with Gasteiger partial charge in [-0.25, -0.2) is 0 Å². The molecule has 0 saturated carbocycles. The molecule has 1 aromatic heterocycles. The Labute approximate surface area is 225 Å². The molecule has 1 heterocycles. The smallest absolute Gasteiger partial charge is 0.253 e. The van der Waals surface area contributed by atoms with Crippen LogP contribution in [0.4, 0.5) is 0 Å². The summed E-state index contributed by atoms with van der Waals surface area (Å²) in [5.74, 6) is 1.42. The fourth-order valence-corrected chi connectivity index (χ4v) is 4.83. The topological polar surface area (TPSA) is 69.8 Å². The van der Waals surface area contributed by atoms with Gasteiger partial charge in [-0.1, -0.05) is 31.5 Å². The number of aryl methyl sites for hydroxylation is 2. The van der Waals surface area contributed by atoms with Crippen LogP contribution in [0.5, 0.6) is 11.5 Å². The minimum Gasteiger partial charge on any atom is -0.493 e. The summed E-state index contributed by atoms with van der Waals surface area (Å²) < 4.78 is 10.8. The molecular formula is C29H40N4O3S. The lowest BCUT2D eigenvalue weighted by molar-refractivity contribution is 0.263. The Morgan fingerprint density at radius 1 is 1.00 bits per heavy atom. The van der Waals surface area contributed by atoms with Crippen molar-refractivity contribution in [3.8, 4) is 11.5 Å². The maximum atomic E-state index is 13.0. The van der Waals surface area contributed by atoms with Crippen LogP contribution >= 0.6 is 12.2 Å². The molecule has 3 aromatic rings. The summed E-state index contributed by atoms with van der Waals surface area (Å²) in [7, 11) is 3.27. The highest BCUT2D eigenvalue weighted by Crippen LogP contribution is 2.27. The minimum absolute atomic E-state index is 0.0691. The number of thiocarbonyl (C=S) groups is 1. The first-order chi connectivity index (χ1) is 17.8. The fourth-order valence-electron chi connectivity index (χ4n) is 4.57. The number of fused-ring (bicyclic) bond motifs is 1. The molecule has 0 radical (unpaired) electrons. The molecule has 0 aliphatic heterocycles. The van der Waals surface area contributed by atoms with Crippen molar-refractivity contribution in [2.75, 3.05) is 46.9 Å². The van der Waals surface area contributed by atoms with Gasteiger partial charge in [0, 0.05) is 25.2 Å². The Bertz CT molecular complexity index is 1270. The number of hydrogen-bond donors (Lipinski definition) is 2. The van der Waals surface area contributed by atoms with E-state index in [4.69, 9.17) is 21.7 Å². The third kappa shape index (κ3) is 7.46. The van der Waals surface area contributed by atoms with E-state index < -0.39 is 0 Å². The number of H-pyrrole nitrogens is 1. The van der Waals surface area contributed by atoms with E-state index >= 15 is 0 Å². The van der Waals surface area contributed by atoms with E-state index in [-0.39, 0.29) is 5.56 Å². The maximum Gasteiger partial charge on any atom is 0.253 e. The Morgan fingerprint density at radius 3 is 2.41 bits per heavy atom. The Morgan fingerprint density at radius 2 is 1.73 bits per heavy atom. The van der Waals surface area contributed by atoms with Gasteiger partial charge in [-0.15, -0.1) is 0 Å². The summed E-state index contributed by atoms with van der Waals surface area (Å²) in [4.78, 5) is 20.6. The van der Waals surface area contributed by atoms with Gasteiger partial charge in [0.2, 0.25) is 0 Å². The highest BCUT2D eigenvalue weighted by Gasteiger charge is 2.15. The molecule has 2 N–H and O–H groups in total. The van der Waals surface area contributed by atoms with Crippen molar-refractivity contribution in [2.24, 2.45) is 0 Å². The van der Waals surface area contributed by atoms with Crippen LogP contribution in [0.15, 0.2) is 41.2 Å². The second-order valence-electron chi connectivity index (χ2n) is 9.29. The predicted molar refractivity (Wildman–Crippen MR) is 156 cm³/mol. The number of nitrogens with zero attached hydrogens (tertiary/aromatic N) is 2. The van der Waals surface area contributed by atoms with Crippen molar-refractivity contribution in [3.63, 3.8) is 0 Å². The Hall–Kier alpha value is -3.10. The van der Waals surface area contributed by atoms with Crippen molar-refractivity contribution < 1.29 is 9.47 Å². The number of aromatic amines is 1. The van der Waals surface area contributed by atoms with Crippen molar-refractivity contribution in [3.05, 3.63) is 69.0 Å². The minimum atomic E-state index is -0.0691. The fraction of sp³-hybridized carbons (Fsp3) is 0.448. The highest BCUT2D eigenvalue weighted by molar-refractivity contribution is 7.80. The molecule has 200 valence electrons. The summed E-state index contributed by atoms with van der Waals surface area (Å²) in [6.45, 7) is 13.1. The predicted octanol–water partition coefficient (Wildman–Crippen LogP) is 4.42. The average Bonchev–Trinajstić information content (AvgIpc) is 2.89. The second kappa shape index (κ2) is 13.4. The van der Waals surface area contributed by atoms with Crippen LogP contribution in [-0.4, -0.2) is 66.8 Å². The molecule has 0 bridgehead atoms. The molecule has 0 aliphatic rings. The first kappa shape index (κ1) is 28.5. The monoisotopic (exact) mass is 524 g/mol. The van der Waals surface area contributed by atoms with Crippen LogP contribution in [0.25, 0.3) is 10.9 Å². The van der Waals surface area contributed by atoms with E-state index in [1.165, 1.54) is 5.56 Å². The molecule has 0 spiro atoms. The first-order valence-corrected chi connectivity index (χ1v) is 13.3. The number of rotatable bonds is 12. The normalized spacial score (nSPS) is 11.1. The number of likely N-dealkylation sites (N-methyl/N-ethyl adjacent to an activating group) is 1. The standard InChI is InChI=1S/C29H40N4O3S/c1-7-32(8-2)13-14-33(19-24-18-23-16-20(3)15-21(4)27(23)31-28(24)34)29(37)30-12-11-22-9-10-25(35-5)26(17-22)36-6/h9-10,15-18H,7-8,11-14,19H2,1-6H3,(H,30,37)(H,31,34). The van der Waals surface area contributed by atoms with Crippen LogP contribution in [0.3, 0.4) is 0 Å². The average molecular weight is 525 g/mol. The van der Waals surface area contributed by atoms with E-state index in [9.17, 15) is 4.79 Å². The van der Waals surface area contributed by atoms with Crippen LogP contribution < -0.4 is 20.3 Å². The third-order valence-electron chi connectivity index (χ3n) is 6.74. The molecule has 0 saturated heterocycles. The van der Waals surface area contributed by atoms with Gasteiger partial charge in [0.1, 0.15) is 0 Å². The van der Waals surface area contributed by atoms with E-state index in [0.717, 1.165) is 54.6 Å². The zero-order valence-electron chi connectivity index (χ0n) is 22.9. The van der Waals surface area contributed by atoms with Gasteiger partial charge in [0.15, 0.2) is 16.6 Å². The summed E-state index contributed by atoms with van der Waals surface area (Å²) in [5.41, 5.74) is 4.91. The Balaban J connectivity index is 1.76. The molecule has 8 heteroatoms. The van der Waals surface area contributed by atoms with E-state index in [0.29, 0.717) is 35.3 Å². The van der Waals surface area contributed by atoms with Gasteiger partial charge in [0.25, 0.3) is 5.56 Å². The molecule has 0 unspecified atom stereocenters. The van der Waals surface area contributed by atoms with Gasteiger partial charge < -0.3 is 29.6 Å². The van der Waals surface area contributed by atoms with Gasteiger partial charge in [-0.3, -0.25) is 4.79 Å². The zero-order valence-corrected chi connectivity index (χ0v) is 23.8. The largest absolute Gasteiger partial charge is 0.493 e. The lowest BCUT2D eigenvalue weighted by Crippen LogP contribution is -2.44. The lowest BCUT2D eigenvalue weighted by atomic mass is 10.1. The number of ether oxygens (including phenoxy) is 2. The summed E-state index contributed by atoms with van der Waals surface area (Å²) >= 11 is 5.82.